The molecule has 31 heavy (non-hydrogen) atoms. The molecule has 3 aromatic rings. The predicted molar refractivity (Wildman–Crippen MR) is 112 cm³/mol. The van der Waals surface area contributed by atoms with Gasteiger partial charge in [-0.25, -0.2) is 13.2 Å². The van der Waals surface area contributed by atoms with E-state index in [1.54, 1.807) is 22.9 Å². The first-order chi connectivity index (χ1) is 14.8. The summed E-state index contributed by atoms with van der Waals surface area (Å²) in [6.45, 7) is -0.286. The number of nitrogens with zero attached hydrogens (tertiary/aromatic N) is 4. The number of nitrogens with one attached hydrogen (secondary N) is 1. The van der Waals surface area contributed by atoms with E-state index in [9.17, 15) is 18.0 Å². The third-order valence-electron chi connectivity index (χ3n) is 5.16. The highest BCUT2D eigenvalue weighted by molar-refractivity contribution is 7.91. The highest BCUT2D eigenvalue weighted by Crippen LogP contribution is 2.30. The van der Waals surface area contributed by atoms with Gasteiger partial charge in [-0.15, -0.1) is 0 Å². The number of anilines is 1. The molecule has 1 aliphatic rings. The van der Waals surface area contributed by atoms with Gasteiger partial charge in [0.25, 0.3) is 0 Å². The van der Waals surface area contributed by atoms with Crippen LogP contribution in [0.3, 0.4) is 0 Å². The number of fused-ring (bicyclic) bond motifs is 1. The Morgan fingerprint density at radius 3 is 2.65 bits per heavy atom. The summed E-state index contributed by atoms with van der Waals surface area (Å²) < 4.78 is 36.8. The van der Waals surface area contributed by atoms with Crippen LogP contribution in [0.25, 0.3) is 11.0 Å². The summed E-state index contributed by atoms with van der Waals surface area (Å²) in [4.78, 5) is 28.8. The van der Waals surface area contributed by atoms with Gasteiger partial charge in [0.05, 0.1) is 49.7 Å². The summed E-state index contributed by atoms with van der Waals surface area (Å²) in [5.74, 6) is 0.614. The van der Waals surface area contributed by atoms with E-state index in [1.165, 1.54) is 31.2 Å². The first-order valence-corrected chi connectivity index (χ1v) is 11.3. The first kappa shape index (κ1) is 20.8. The van der Waals surface area contributed by atoms with Gasteiger partial charge in [-0.2, -0.15) is 10.1 Å². The Balaban J connectivity index is 1.59. The monoisotopic (exact) mass is 447 g/mol. The second kappa shape index (κ2) is 8.02. The van der Waals surface area contributed by atoms with Crippen LogP contribution in [-0.2, 0) is 21.2 Å². The largest absolute Gasteiger partial charge is 0.493 e. The maximum absolute atomic E-state index is 12.6. The fraction of sp³-hybridized carbons (Fsp3) is 0.368. The molecule has 1 unspecified atom stereocenters. The van der Waals surface area contributed by atoms with Crippen LogP contribution in [0.15, 0.2) is 35.4 Å². The Kier molecular flexibility index (Phi) is 5.39. The lowest BCUT2D eigenvalue weighted by atomic mass is 10.2. The lowest BCUT2D eigenvalue weighted by Crippen LogP contribution is -2.29. The zero-order chi connectivity index (χ0) is 22.2. The highest BCUT2D eigenvalue weighted by Gasteiger charge is 2.31. The Morgan fingerprint density at radius 1 is 1.19 bits per heavy atom. The van der Waals surface area contributed by atoms with Gasteiger partial charge in [0.15, 0.2) is 21.3 Å². The van der Waals surface area contributed by atoms with Crippen LogP contribution in [0.1, 0.15) is 12.5 Å². The number of methoxy groups -OCH3 is 2. The minimum atomic E-state index is -3.11. The second-order valence-corrected chi connectivity index (χ2v) is 9.39. The number of carbonyl (C=O) groups is 1. The van der Waals surface area contributed by atoms with Crippen molar-refractivity contribution in [3.05, 3.63) is 41.1 Å². The fourth-order valence-corrected chi connectivity index (χ4v) is 5.35. The van der Waals surface area contributed by atoms with Crippen molar-refractivity contribution in [2.45, 2.75) is 19.0 Å². The molecular weight excluding hydrogens is 426 g/mol. The van der Waals surface area contributed by atoms with Crippen LogP contribution in [0.2, 0.25) is 0 Å². The van der Waals surface area contributed by atoms with Gasteiger partial charge in [0, 0.05) is 11.8 Å². The van der Waals surface area contributed by atoms with Gasteiger partial charge in [0.1, 0.15) is 12.1 Å². The minimum absolute atomic E-state index is 0.0112. The summed E-state index contributed by atoms with van der Waals surface area (Å²) in [7, 11) is -0.106. The maximum atomic E-state index is 12.6. The Hall–Kier alpha value is -3.41. The SMILES string of the molecule is COc1ccc(NC(=O)Cn2c(=O)ncc3c2cnn3C2CCS(=O)(=O)C2)cc1OC. The fourth-order valence-electron chi connectivity index (χ4n) is 3.66. The van der Waals surface area contributed by atoms with Crippen LogP contribution >= 0.6 is 0 Å². The van der Waals surface area contributed by atoms with Gasteiger partial charge >= 0.3 is 5.69 Å². The molecule has 0 spiro atoms. The van der Waals surface area contributed by atoms with Crippen LogP contribution in [0.5, 0.6) is 11.5 Å². The number of benzene rings is 1. The number of amides is 1. The van der Waals surface area contributed by atoms with Gasteiger partial charge in [-0.05, 0) is 18.6 Å². The van der Waals surface area contributed by atoms with Crippen molar-refractivity contribution in [2.75, 3.05) is 31.0 Å². The molecule has 2 aromatic heterocycles. The van der Waals surface area contributed by atoms with Crippen molar-refractivity contribution < 1.29 is 22.7 Å². The normalized spacial score (nSPS) is 17.5. The van der Waals surface area contributed by atoms with E-state index >= 15 is 0 Å². The number of hydrogen-bond donors (Lipinski definition) is 1. The average molecular weight is 447 g/mol. The summed E-state index contributed by atoms with van der Waals surface area (Å²) in [6.07, 6.45) is 3.25. The predicted octanol–water partition coefficient (Wildman–Crippen LogP) is 0.608. The topological polar surface area (TPSA) is 134 Å². The van der Waals surface area contributed by atoms with E-state index in [0.29, 0.717) is 34.6 Å². The van der Waals surface area contributed by atoms with E-state index in [4.69, 9.17) is 9.47 Å². The number of aromatic nitrogens is 4. The summed E-state index contributed by atoms with van der Waals surface area (Å²) in [6, 6.07) is 4.59. The molecule has 4 rings (SSSR count). The van der Waals surface area contributed by atoms with Crippen LogP contribution in [0, 0.1) is 0 Å². The molecule has 164 valence electrons. The second-order valence-electron chi connectivity index (χ2n) is 7.16. The van der Waals surface area contributed by atoms with E-state index in [0.717, 1.165) is 0 Å². The Morgan fingerprint density at radius 2 is 1.97 bits per heavy atom. The molecule has 1 amide bonds. The standard InChI is InChI=1S/C19H21N5O6S/c1-29-16-4-3-12(7-17(16)30-2)22-18(25)10-23-14-9-21-24(15(14)8-20-19(23)26)13-5-6-31(27,28)11-13/h3-4,7-9,13H,5-6,10-11H2,1-2H3,(H,22,25). The van der Waals surface area contributed by atoms with Crippen molar-refractivity contribution in [1.29, 1.82) is 0 Å². The average Bonchev–Trinajstić information content (AvgIpc) is 3.32. The first-order valence-electron chi connectivity index (χ1n) is 9.46. The number of carbonyl (C=O) groups excluding carboxylic acids is 1. The van der Waals surface area contributed by atoms with Crippen molar-refractivity contribution in [3.8, 4) is 11.5 Å². The molecule has 1 aliphatic heterocycles. The number of rotatable bonds is 6. The molecule has 1 saturated heterocycles. The summed E-state index contributed by atoms with van der Waals surface area (Å²) >= 11 is 0. The summed E-state index contributed by atoms with van der Waals surface area (Å²) in [5, 5.41) is 6.98. The number of ether oxygens (including phenoxy) is 2. The Labute approximate surface area is 177 Å². The molecule has 12 heteroatoms. The number of sulfone groups is 1. The quantitative estimate of drug-likeness (QED) is 0.581. The van der Waals surface area contributed by atoms with Gasteiger partial charge in [-0.3, -0.25) is 14.0 Å². The molecule has 1 atom stereocenters. The van der Waals surface area contributed by atoms with Crippen LogP contribution < -0.4 is 20.5 Å². The minimum Gasteiger partial charge on any atom is -0.493 e. The van der Waals surface area contributed by atoms with E-state index < -0.39 is 21.4 Å². The van der Waals surface area contributed by atoms with Crippen molar-refractivity contribution >= 4 is 32.5 Å². The van der Waals surface area contributed by atoms with E-state index in [-0.39, 0.29) is 24.1 Å². The molecule has 1 N–H and O–H groups in total. The highest BCUT2D eigenvalue weighted by atomic mass is 32.2. The lowest BCUT2D eigenvalue weighted by Gasteiger charge is -2.12. The lowest BCUT2D eigenvalue weighted by molar-refractivity contribution is -0.116. The molecule has 1 fully saturated rings. The van der Waals surface area contributed by atoms with Gasteiger partial charge < -0.3 is 14.8 Å². The van der Waals surface area contributed by atoms with Crippen LogP contribution in [0.4, 0.5) is 5.69 Å². The zero-order valence-electron chi connectivity index (χ0n) is 16.9. The molecule has 0 aliphatic carbocycles. The molecule has 1 aromatic carbocycles. The van der Waals surface area contributed by atoms with Gasteiger partial charge in [-0.1, -0.05) is 0 Å². The number of hydrogen-bond acceptors (Lipinski definition) is 8. The van der Waals surface area contributed by atoms with Crippen molar-refractivity contribution in [1.82, 2.24) is 19.3 Å². The van der Waals surface area contributed by atoms with Crippen molar-refractivity contribution in [3.63, 3.8) is 0 Å². The van der Waals surface area contributed by atoms with E-state index in [2.05, 4.69) is 15.4 Å². The smallest absolute Gasteiger partial charge is 0.348 e. The van der Waals surface area contributed by atoms with Gasteiger partial charge in [0.2, 0.25) is 5.91 Å². The molecule has 0 radical (unpaired) electrons. The molecule has 0 saturated carbocycles. The third-order valence-corrected chi connectivity index (χ3v) is 6.91. The molecular formula is C19H21N5O6S. The molecule has 0 bridgehead atoms. The molecule has 3 heterocycles. The Bertz CT molecular complexity index is 1310. The van der Waals surface area contributed by atoms with Crippen LogP contribution in [-0.4, -0.2) is 59.4 Å². The van der Waals surface area contributed by atoms with E-state index in [1.807, 2.05) is 0 Å². The third kappa shape index (κ3) is 4.10. The molecule has 11 nitrogen and oxygen atoms in total. The maximum Gasteiger partial charge on any atom is 0.348 e. The van der Waals surface area contributed by atoms with Crippen molar-refractivity contribution in [2.24, 2.45) is 0 Å². The summed E-state index contributed by atoms with van der Waals surface area (Å²) in [5.41, 5.74) is 0.781. The zero-order valence-corrected chi connectivity index (χ0v) is 17.8.